The number of carboxylic acid groups (broad SMARTS) is 3. The van der Waals surface area contributed by atoms with Crippen LogP contribution in [0.5, 0.6) is 0 Å². The van der Waals surface area contributed by atoms with E-state index in [-0.39, 0.29) is 126 Å². The Hall–Kier alpha value is 2.10. The molecular weight excluding hydrogens is 361 g/mol. The minimum atomic E-state index is -2.74. The number of carbonyl (C=O) groups excluding carboxylic acids is 1. The Balaban J connectivity index is -0.000000241. The second-order valence-electron chi connectivity index (χ2n) is 3.54. The molecule has 0 radical (unpaired) electrons. The van der Waals surface area contributed by atoms with Crippen molar-refractivity contribution in [3.63, 3.8) is 0 Å². The van der Waals surface area contributed by atoms with Crippen molar-refractivity contribution in [1.29, 1.82) is 0 Å². The molecule has 22 heavy (non-hydrogen) atoms. The fraction of sp³-hybridized carbons (Fsp3) is 0.556. The summed E-state index contributed by atoms with van der Waals surface area (Å²) in [6, 6.07) is 0. The van der Waals surface area contributed by atoms with Crippen LogP contribution < -0.4 is 0 Å². The Morgan fingerprint density at radius 2 is 1.27 bits per heavy atom. The molecule has 4 N–H and O–H groups in total. The molecule has 1 unspecified atom stereocenters. The maximum absolute atomic E-state index is 11.1. The van der Waals surface area contributed by atoms with Crippen LogP contribution in [0.2, 0.25) is 0 Å². The Kier molecular flexibility index (Phi) is 26.5. The summed E-state index contributed by atoms with van der Waals surface area (Å²) in [6.07, 6.45) is -4.16. The fourth-order valence-corrected chi connectivity index (χ4v) is 1.10. The van der Waals surface area contributed by atoms with Crippen molar-refractivity contribution >= 4 is 150 Å². The first-order valence-corrected chi connectivity index (χ1v) is 4.68. The quantitative estimate of drug-likeness (QED) is 0.255. The van der Waals surface area contributed by atoms with E-state index < -0.39 is 48.4 Å². The molecule has 0 aromatic rings. The topological polar surface area (TPSA) is 158 Å². The summed E-state index contributed by atoms with van der Waals surface area (Å²) in [7, 11) is 0. The van der Waals surface area contributed by atoms with E-state index in [0.29, 0.717) is 0 Å². The molecule has 112 valence electrons. The van der Waals surface area contributed by atoms with Gasteiger partial charge in [0.1, 0.15) is 6.10 Å². The zero-order chi connectivity index (χ0) is 14.5. The van der Waals surface area contributed by atoms with Gasteiger partial charge in [-0.1, -0.05) is 0 Å². The van der Waals surface area contributed by atoms with Gasteiger partial charge in [-0.15, -0.1) is 0 Å². The third-order valence-electron chi connectivity index (χ3n) is 1.90. The number of hydrogen-bond acceptors (Lipinski definition) is 6. The van der Waals surface area contributed by atoms with Crippen LogP contribution in [0.4, 0.5) is 0 Å². The molecule has 0 aliphatic carbocycles. The molecule has 0 amide bonds. The summed E-state index contributed by atoms with van der Waals surface area (Å²) in [5.74, 6) is -6.64. The van der Waals surface area contributed by atoms with Gasteiger partial charge in [0.2, 0.25) is 5.60 Å². The van der Waals surface area contributed by atoms with E-state index in [4.69, 9.17) is 20.4 Å². The molecule has 0 aliphatic heterocycles. The third kappa shape index (κ3) is 13.4. The van der Waals surface area contributed by atoms with Crippen molar-refractivity contribution in [2.24, 2.45) is 0 Å². The third-order valence-corrected chi connectivity index (χ3v) is 1.90. The first kappa shape index (κ1) is 35.3. The van der Waals surface area contributed by atoms with Crippen LogP contribution in [-0.2, 0) is 23.9 Å². The van der Waals surface area contributed by atoms with Gasteiger partial charge in [-0.3, -0.25) is 9.59 Å². The molecule has 0 spiro atoms. The minimum absolute atomic E-state index is 0. The van der Waals surface area contributed by atoms with E-state index in [0.717, 1.165) is 6.92 Å². The Morgan fingerprint density at radius 3 is 1.45 bits per heavy atom. The molecule has 0 rings (SSSR count). The summed E-state index contributed by atoms with van der Waals surface area (Å²) in [5, 5.41) is 34.8. The molecule has 0 bridgehead atoms. The average molecular weight is 378 g/mol. The van der Waals surface area contributed by atoms with Gasteiger partial charge in [0, 0.05) is 0 Å². The van der Waals surface area contributed by atoms with Crippen LogP contribution in [0, 0.1) is 0 Å². The normalized spacial score (nSPS) is 10.3. The molecule has 0 aromatic heterocycles. The molecule has 0 saturated heterocycles. The molecule has 0 heterocycles. The number of aliphatic carboxylic acids is 3. The first-order chi connectivity index (χ1) is 8.10. The first-order valence-electron chi connectivity index (χ1n) is 4.68. The predicted molar refractivity (Wildman–Crippen MR) is 82.6 cm³/mol. The van der Waals surface area contributed by atoms with Crippen molar-refractivity contribution in [3.05, 3.63) is 0 Å². The number of hydrogen-bond donors (Lipinski definition) is 4. The van der Waals surface area contributed by atoms with Gasteiger partial charge >= 0.3 is 150 Å². The van der Waals surface area contributed by atoms with E-state index in [9.17, 15) is 19.2 Å². The van der Waals surface area contributed by atoms with Crippen molar-refractivity contribution in [2.75, 3.05) is 0 Å². The van der Waals surface area contributed by atoms with Crippen molar-refractivity contribution < 1.29 is 44.3 Å². The van der Waals surface area contributed by atoms with E-state index >= 15 is 0 Å². The average Bonchev–Trinajstić information content (AvgIpc) is 2.14. The molecular formula is C9H17CaNa3O9. The van der Waals surface area contributed by atoms with Crippen molar-refractivity contribution in [2.45, 2.75) is 31.5 Å². The van der Waals surface area contributed by atoms with E-state index in [2.05, 4.69) is 4.74 Å². The number of carboxylic acids is 3. The fourth-order valence-electron chi connectivity index (χ4n) is 1.10. The molecule has 0 saturated carbocycles. The SMILES string of the molecule is CC(O)C(=O)OC(CC(=O)O)(CC(=O)O)C(=O)O.[CaH2].[NaH].[NaH].[NaH]. The van der Waals surface area contributed by atoms with Gasteiger partial charge in [0.05, 0.1) is 12.8 Å². The van der Waals surface area contributed by atoms with Gasteiger partial charge in [-0.05, 0) is 6.92 Å². The van der Waals surface area contributed by atoms with Crippen LogP contribution in [0.25, 0.3) is 0 Å². The zero-order valence-corrected chi connectivity index (χ0v) is 9.32. The molecule has 1 atom stereocenters. The summed E-state index contributed by atoms with van der Waals surface area (Å²) in [4.78, 5) is 43.2. The van der Waals surface area contributed by atoms with Crippen molar-refractivity contribution in [1.82, 2.24) is 0 Å². The van der Waals surface area contributed by atoms with Gasteiger partial charge < -0.3 is 25.2 Å². The van der Waals surface area contributed by atoms with E-state index in [1.54, 1.807) is 0 Å². The van der Waals surface area contributed by atoms with Crippen LogP contribution in [0.1, 0.15) is 19.8 Å². The molecule has 13 heteroatoms. The predicted octanol–water partition coefficient (Wildman–Crippen LogP) is -4.18. The van der Waals surface area contributed by atoms with Crippen molar-refractivity contribution in [3.8, 4) is 0 Å². The van der Waals surface area contributed by atoms with Crippen LogP contribution in [-0.4, -0.2) is 182 Å². The number of carbonyl (C=O) groups is 4. The molecule has 0 fully saturated rings. The Bertz CT molecular complexity index is 373. The summed E-state index contributed by atoms with van der Waals surface area (Å²) in [5.41, 5.74) is -2.74. The summed E-state index contributed by atoms with van der Waals surface area (Å²) >= 11 is 0. The summed E-state index contributed by atoms with van der Waals surface area (Å²) < 4.78 is 4.33. The number of esters is 1. The summed E-state index contributed by atoms with van der Waals surface area (Å²) in [6.45, 7) is 0.969. The second kappa shape index (κ2) is 16.6. The molecule has 9 nitrogen and oxygen atoms in total. The number of aliphatic hydroxyl groups excluding tert-OH is 1. The van der Waals surface area contributed by atoms with E-state index in [1.807, 2.05) is 0 Å². The maximum atomic E-state index is 11.1. The zero-order valence-electron chi connectivity index (χ0n) is 9.32. The number of rotatable bonds is 7. The van der Waals surface area contributed by atoms with Crippen LogP contribution >= 0.6 is 0 Å². The number of aliphatic hydroxyl groups is 1. The van der Waals surface area contributed by atoms with Crippen LogP contribution in [0.3, 0.4) is 0 Å². The monoisotopic (exact) mass is 378 g/mol. The van der Waals surface area contributed by atoms with E-state index in [1.165, 1.54) is 0 Å². The van der Waals surface area contributed by atoms with Gasteiger partial charge in [-0.2, -0.15) is 0 Å². The Morgan fingerprint density at radius 1 is 0.955 bits per heavy atom. The van der Waals surface area contributed by atoms with Crippen LogP contribution in [0.15, 0.2) is 0 Å². The van der Waals surface area contributed by atoms with Gasteiger partial charge in [0.25, 0.3) is 0 Å². The molecule has 0 aliphatic rings. The second-order valence-corrected chi connectivity index (χ2v) is 3.54. The standard InChI is InChI=1S/C9H12O9.Ca.3Na.5H/c1-4(10)7(15)18-9(8(16)17,2-5(11)12)3-6(13)14;;;;;;;;;/h4,10H,2-3H2,1H3,(H,11,12)(H,13,14)(H,16,17);;;;;;;;;. The Labute approximate surface area is 222 Å². The number of ether oxygens (including phenoxy) is 1. The van der Waals surface area contributed by atoms with Gasteiger partial charge in [-0.25, -0.2) is 9.59 Å². The van der Waals surface area contributed by atoms with Gasteiger partial charge in [0.15, 0.2) is 0 Å². The molecule has 0 aromatic carbocycles.